The lowest BCUT2D eigenvalue weighted by Gasteiger charge is -2.49. The fraction of sp³-hybridized carbons (Fsp3) is 0.500. The normalized spacial score (nSPS) is 31.9. The number of carbonyl (C=O) groups excluding carboxylic acids is 1. The number of Topliss-reactive ketones (excluding diaryl/α,β-unsaturated/α-hetero) is 1. The highest BCUT2D eigenvalue weighted by Crippen LogP contribution is 2.46. The highest BCUT2D eigenvalue weighted by Gasteiger charge is 2.56. The topological polar surface area (TPSA) is 183 Å². The number of fused-ring (bicyclic) bond motifs is 5. The van der Waals surface area contributed by atoms with Gasteiger partial charge < -0.3 is 44.8 Å². The molecule has 0 aromatic heterocycles. The maximum Gasteiger partial charge on any atom is 0.335 e. The minimum atomic E-state index is -1.74. The number of hydrogen-bond acceptors (Lipinski definition) is 10. The summed E-state index contributed by atoms with van der Waals surface area (Å²) in [6.07, 6.45) is -2.23. The lowest BCUT2D eigenvalue weighted by atomic mass is 9.72. The van der Waals surface area contributed by atoms with E-state index in [1.165, 1.54) is 13.8 Å². The third-order valence-electron chi connectivity index (χ3n) is 8.11. The van der Waals surface area contributed by atoms with Gasteiger partial charge in [0.15, 0.2) is 11.9 Å². The fourth-order valence-corrected chi connectivity index (χ4v) is 5.90. The van der Waals surface area contributed by atoms with Crippen molar-refractivity contribution >= 4 is 22.5 Å². The van der Waals surface area contributed by atoms with Gasteiger partial charge in [0.05, 0.1) is 22.1 Å². The Labute approximate surface area is 223 Å². The zero-order chi connectivity index (χ0) is 28.2. The largest absolute Gasteiger partial charge is 0.507 e. The molecule has 6 N–H and O–H groups in total. The number of carboxylic acid groups (broad SMARTS) is 1. The molecule has 4 aliphatic rings. The van der Waals surface area contributed by atoms with Crippen LogP contribution in [0, 0.1) is 24.9 Å². The standard InChI is InChI=1S/C28H30O11/c1-12-18(13(2)29)21(31)19-16(20(12)30)10-15(26(34)35)11-17(19)38-27-23(33)22(32)24-25(39-27)28(36)7-5-14(6-8-28)4-3-9-37-24/h10-11,14,22-25,27,30-33,36H,4-8H2,1-2H3,(H,34,35)/t14?,22-,23-,24-,25+,27+,28?/m1/s1. The minimum absolute atomic E-state index is 0.0470. The number of rotatable bonds is 4. The quantitative estimate of drug-likeness (QED) is 0.189. The van der Waals surface area contributed by atoms with Gasteiger partial charge in [-0.25, -0.2) is 4.79 Å². The molecule has 0 unspecified atom stereocenters. The molecule has 0 radical (unpaired) electrons. The van der Waals surface area contributed by atoms with Crippen LogP contribution >= 0.6 is 0 Å². The molecule has 2 aromatic carbocycles. The van der Waals surface area contributed by atoms with Crippen molar-refractivity contribution in [2.75, 3.05) is 0 Å². The van der Waals surface area contributed by atoms with Crippen molar-refractivity contribution in [1.82, 2.24) is 0 Å². The number of carbonyl (C=O) groups is 2. The average molecular weight is 543 g/mol. The fourth-order valence-electron chi connectivity index (χ4n) is 5.90. The van der Waals surface area contributed by atoms with Crippen LogP contribution in [0.4, 0.5) is 0 Å². The Morgan fingerprint density at radius 2 is 1.79 bits per heavy atom. The maximum absolute atomic E-state index is 12.3. The van der Waals surface area contributed by atoms with Gasteiger partial charge in [-0.15, -0.1) is 0 Å². The SMILES string of the molecule is CC(=O)c1c(C)c(O)c2cc(C(=O)O)cc(O[C@H]3O[C@H]4[C@H](OC#CCC5CCC4(O)CC5)[C@H](O)[C@H]3O)c2c1O. The second kappa shape index (κ2) is 9.88. The number of ether oxygens (including phenoxy) is 3. The van der Waals surface area contributed by atoms with E-state index in [-0.39, 0.29) is 39.1 Å². The van der Waals surface area contributed by atoms with E-state index in [0.29, 0.717) is 32.1 Å². The highest BCUT2D eigenvalue weighted by atomic mass is 16.7. The first kappa shape index (κ1) is 27.0. The first-order valence-corrected chi connectivity index (χ1v) is 12.7. The number of aliphatic hydroxyl groups excluding tert-OH is 2. The van der Waals surface area contributed by atoms with Gasteiger partial charge in [0.2, 0.25) is 6.29 Å². The number of aromatic hydroxyl groups is 2. The molecule has 5 atom stereocenters. The molecule has 2 fully saturated rings. The van der Waals surface area contributed by atoms with Crippen LogP contribution in [0.2, 0.25) is 0 Å². The Kier molecular flexibility index (Phi) is 6.84. The summed E-state index contributed by atoms with van der Waals surface area (Å²) < 4.78 is 17.5. The van der Waals surface area contributed by atoms with Crippen LogP contribution in [0.1, 0.15) is 65.3 Å². The molecule has 1 saturated heterocycles. The zero-order valence-corrected chi connectivity index (χ0v) is 21.4. The lowest BCUT2D eigenvalue weighted by molar-refractivity contribution is -0.308. The monoisotopic (exact) mass is 542 g/mol. The molecule has 6 rings (SSSR count). The first-order chi connectivity index (χ1) is 18.4. The summed E-state index contributed by atoms with van der Waals surface area (Å²) in [6, 6.07) is 2.17. The van der Waals surface area contributed by atoms with Gasteiger partial charge in [-0.1, -0.05) is 5.92 Å². The Bertz CT molecular complexity index is 1400. The number of benzene rings is 2. The molecular formula is C28H30O11. The average Bonchev–Trinajstić information content (AvgIpc) is 2.89. The van der Waals surface area contributed by atoms with E-state index >= 15 is 0 Å². The maximum atomic E-state index is 12.3. The first-order valence-electron chi connectivity index (χ1n) is 12.7. The number of aromatic carboxylic acids is 1. The highest BCUT2D eigenvalue weighted by molar-refractivity contribution is 6.11. The number of phenolic OH excluding ortho intramolecular Hbond substituents is 2. The Hall–Kier alpha value is -3.56. The van der Waals surface area contributed by atoms with E-state index < -0.39 is 59.6 Å². The van der Waals surface area contributed by atoms with Crippen LogP contribution in [0.25, 0.3) is 10.8 Å². The van der Waals surface area contributed by atoms with E-state index in [2.05, 4.69) is 12.0 Å². The van der Waals surface area contributed by atoms with Crippen LogP contribution in [-0.4, -0.2) is 78.7 Å². The van der Waals surface area contributed by atoms with Gasteiger partial charge in [-0.2, -0.15) is 0 Å². The molecule has 2 aromatic rings. The summed E-state index contributed by atoms with van der Waals surface area (Å²) in [7, 11) is 0. The molecule has 3 heterocycles. The van der Waals surface area contributed by atoms with E-state index in [4.69, 9.17) is 14.2 Å². The summed E-state index contributed by atoms with van der Waals surface area (Å²) in [4.78, 5) is 24.1. The molecule has 0 amide bonds. The summed E-state index contributed by atoms with van der Waals surface area (Å²) in [6.45, 7) is 2.60. The van der Waals surface area contributed by atoms with E-state index in [1.54, 1.807) is 0 Å². The minimum Gasteiger partial charge on any atom is -0.507 e. The predicted molar refractivity (Wildman–Crippen MR) is 134 cm³/mol. The van der Waals surface area contributed by atoms with Gasteiger partial charge >= 0.3 is 5.97 Å². The van der Waals surface area contributed by atoms with Crippen molar-refractivity contribution in [2.45, 2.75) is 82.3 Å². The third kappa shape index (κ3) is 4.53. The smallest absolute Gasteiger partial charge is 0.335 e. The van der Waals surface area contributed by atoms with E-state index in [9.17, 15) is 40.2 Å². The summed E-state index contributed by atoms with van der Waals surface area (Å²) in [5, 5.41) is 64.7. The Morgan fingerprint density at radius 1 is 1.10 bits per heavy atom. The van der Waals surface area contributed by atoms with Crippen LogP contribution in [-0.2, 0) is 9.47 Å². The molecule has 0 spiro atoms. The summed E-state index contributed by atoms with van der Waals surface area (Å²) in [5.74, 6) is -0.0519. The van der Waals surface area contributed by atoms with Crippen LogP contribution in [0.5, 0.6) is 17.2 Å². The number of aliphatic hydroxyl groups is 3. The number of hydrogen-bond donors (Lipinski definition) is 6. The molecule has 1 aliphatic carbocycles. The Morgan fingerprint density at radius 3 is 2.44 bits per heavy atom. The second-order valence-electron chi connectivity index (χ2n) is 10.6. The molecule has 208 valence electrons. The summed E-state index contributed by atoms with van der Waals surface area (Å²) >= 11 is 0. The second-order valence-corrected chi connectivity index (χ2v) is 10.6. The number of carboxylic acids is 1. The lowest BCUT2D eigenvalue weighted by Crippen LogP contribution is -2.66. The van der Waals surface area contributed by atoms with Gasteiger partial charge in [-0.3, -0.25) is 4.79 Å². The van der Waals surface area contributed by atoms with Gasteiger partial charge in [0.1, 0.15) is 41.7 Å². The molecular weight excluding hydrogens is 512 g/mol. The molecule has 3 aliphatic heterocycles. The van der Waals surface area contributed by atoms with Crippen LogP contribution in [0.15, 0.2) is 12.1 Å². The molecule has 2 bridgehead atoms. The number of phenols is 2. The Balaban J connectivity index is 1.61. The van der Waals surface area contributed by atoms with Crippen molar-refractivity contribution in [1.29, 1.82) is 0 Å². The predicted octanol–water partition coefficient (Wildman–Crippen LogP) is 1.96. The third-order valence-corrected chi connectivity index (χ3v) is 8.11. The van der Waals surface area contributed by atoms with Crippen molar-refractivity contribution in [2.24, 2.45) is 5.92 Å². The van der Waals surface area contributed by atoms with E-state index in [1.807, 2.05) is 0 Å². The van der Waals surface area contributed by atoms with Crippen LogP contribution in [0.3, 0.4) is 0 Å². The molecule has 11 nitrogen and oxygen atoms in total. The molecule has 1 saturated carbocycles. The van der Waals surface area contributed by atoms with Gasteiger partial charge in [0.25, 0.3) is 0 Å². The van der Waals surface area contributed by atoms with Gasteiger partial charge in [-0.05, 0) is 57.6 Å². The van der Waals surface area contributed by atoms with Crippen molar-refractivity contribution in [3.8, 4) is 29.3 Å². The van der Waals surface area contributed by atoms with Crippen molar-refractivity contribution < 1.29 is 54.4 Å². The van der Waals surface area contributed by atoms with Crippen LogP contribution < -0.4 is 4.74 Å². The molecule has 39 heavy (non-hydrogen) atoms. The van der Waals surface area contributed by atoms with Gasteiger partial charge in [0, 0.05) is 17.4 Å². The zero-order valence-electron chi connectivity index (χ0n) is 21.4. The number of ketones is 1. The van der Waals surface area contributed by atoms with Crippen molar-refractivity contribution in [3.63, 3.8) is 0 Å². The van der Waals surface area contributed by atoms with Crippen molar-refractivity contribution in [3.05, 3.63) is 28.8 Å². The molecule has 11 heteroatoms. The summed E-state index contributed by atoms with van der Waals surface area (Å²) in [5.41, 5.74) is -1.89. The van der Waals surface area contributed by atoms with E-state index in [0.717, 1.165) is 12.1 Å².